The average Bonchev–Trinajstić information content (AvgIpc) is 2.33. The lowest BCUT2D eigenvalue weighted by Gasteiger charge is -2.07. The molecule has 0 spiro atoms. The smallest absolute Gasteiger partial charge is 0.0392 e. The Labute approximate surface area is 83.1 Å². The summed E-state index contributed by atoms with van der Waals surface area (Å²) in [6.07, 6.45) is 0. The minimum absolute atomic E-state index is 0.426. The molecule has 0 saturated heterocycles. The molecule has 13 heavy (non-hydrogen) atoms. The first-order valence-electron chi connectivity index (χ1n) is 4.61. The van der Waals surface area contributed by atoms with Crippen LogP contribution in [0.2, 0.25) is 0 Å². The predicted molar refractivity (Wildman–Crippen MR) is 57.9 cm³/mol. The molecule has 1 aliphatic carbocycles. The van der Waals surface area contributed by atoms with Crippen LogP contribution in [0, 0.1) is 6.92 Å². The summed E-state index contributed by atoms with van der Waals surface area (Å²) in [6, 6.07) is 6.52. The van der Waals surface area contributed by atoms with Gasteiger partial charge in [0, 0.05) is 10.2 Å². The molecule has 0 heterocycles. The van der Waals surface area contributed by atoms with Gasteiger partial charge in [-0.15, -0.1) is 0 Å². The van der Waals surface area contributed by atoms with Gasteiger partial charge >= 0.3 is 0 Å². The van der Waals surface area contributed by atoms with E-state index in [1.807, 2.05) is 0 Å². The van der Waals surface area contributed by atoms with E-state index < -0.39 is 0 Å². The van der Waals surface area contributed by atoms with Gasteiger partial charge in [0.05, 0.1) is 0 Å². The molecule has 1 unspecified atom stereocenters. The van der Waals surface area contributed by atoms with Crippen molar-refractivity contribution in [1.29, 1.82) is 0 Å². The number of allylic oxidation sites excluding steroid dienone is 2. The Morgan fingerprint density at radius 3 is 2.46 bits per heavy atom. The molecule has 1 aromatic carbocycles. The number of aryl methyl sites for hydroxylation is 1. The van der Waals surface area contributed by atoms with Gasteiger partial charge in [0.2, 0.25) is 0 Å². The average molecular weight is 185 g/mol. The van der Waals surface area contributed by atoms with Crippen LogP contribution in [-0.4, -0.2) is 10.2 Å². The van der Waals surface area contributed by atoms with E-state index in [4.69, 9.17) is 0 Å². The fraction of sp³-hybridized carbons (Fsp3) is 0.333. The summed E-state index contributed by atoms with van der Waals surface area (Å²) in [6.45, 7) is 6.59. The van der Waals surface area contributed by atoms with Crippen molar-refractivity contribution in [2.75, 3.05) is 0 Å². The zero-order valence-corrected chi connectivity index (χ0v) is 9.31. The van der Waals surface area contributed by atoms with Crippen molar-refractivity contribution in [3.05, 3.63) is 40.5 Å². The SMILES string of the molecule is CC1=C(C)C([Si])c2cccc(C)c21. The van der Waals surface area contributed by atoms with E-state index in [1.54, 1.807) is 0 Å². The summed E-state index contributed by atoms with van der Waals surface area (Å²) in [5, 5.41) is 0. The monoisotopic (exact) mass is 185 g/mol. The van der Waals surface area contributed by atoms with Gasteiger partial charge in [0.25, 0.3) is 0 Å². The lowest BCUT2D eigenvalue weighted by molar-refractivity contribution is 1.13. The Morgan fingerprint density at radius 2 is 1.85 bits per heavy atom. The summed E-state index contributed by atoms with van der Waals surface area (Å²) >= 11 is 0. The normalized spacial score (nSPS) is 20.8. The zero-order chi connectivity index (χ0) is 9.59. The molecule has 0 N–H and O–H groups in total. The highest BCUT2D eigenvalue weighted by atomic mass is 28.1. The van der Waals surface area contributed by atoms with E-state index in [9.17, 15) is 0 Å². The summed E-state index contributed by atoms with van der Waals surface area (Å²) in [5.41, 5.74) is 7.56. The Morgan fingerprint density at radius 1 is 1.15 bits per heavy atom. The molecule has 0 bridgehead atoms. The van der Waals surface area contributed by atoms with Crippen molar-refractivity contribution in [3.63, 3.8) is 0 Å². The van der Waals surface area contributed by atoms with E-state index in [0.717, 1.165) is 0 Å². The molecule has 65 valence electrons. The molecule has 0 aromatic heterocycles. The van der Waals surface area contributed by atoms with Crippen molar-refractivity contribution in [2.24, 2.45) is 0 Å². The summed E-state index contributed by atoms with van der Waals surface area (Å²) in [7, 11) is 3.77. The number of hydrogen-bond donors (Lipinski definition) is 0. The fourth-order valence-corrected chi connectivity index (χ4v) is 2.55. The maximum absolute atomic E-state index is 3.77. The minimum Gasteiger partial charge on any atom is -0.0658 e. The highest BCUT2D eigenvalue weighted by Crippen LogP contribution is 2.40. The Bertz CT molecular complexity index is 388. The maximum atomic E-state index is 3.77. The van der Waals surface area contributed by atoms with Crippen molar-refractivity contribution >= 4 is 15.8 Å². The van der Waals surface area contributed by atoms with E-state index in [-0.39, 0.29) is 0 Å². The molecular formula is C12H13Si. The van der Waals surface area contributed by atoms with Crippen molar-refractivity contribution in [3.8, 4) is 0 Å². The zero-order valence-electron chi connectivity index (χ0n) is 8.31. The van der Waals surface area contributed by atoms with Crippen LogP contribution in [0.5, 0.6) is 0 Å². The third-order valence-electron chi connectivity index (χ3n) is 3.02. The van der Waals surface area contributed by atoms with E-state index in [1.165, 1.54) is 27.8 Å². The van der Waals surface area contributed by atoms with Crippen LogP contribution in [0.3, 0.4) is 0 Å². The topological polar surface area (TPSA) is 0 Å². The first-order chi connectivity index (χ1) is 6.13. The standard InChI is InChI=1S/C12H13Si/c1-7-5-4-6-10-11(7)8(2)9(3)12(10)13/h4-6,12H,1-3H3. The number of fused-ring (bicyclic) bond motifs is 1. The molecule has 0 saturated carbocycles. The Kier molecular flexibility index (Phi) is 1.92. The molecule has 3 radical (unpaired) electrons. The second-order valence-corrected chi connectivity index (χ2v) is 4.36. The number of hydrogen-bond acceptors (Lipinski definition) is 0. The molecule has 1 heteroatoms. The molecular weight excluding hydrogens is 172 g/mol. The predicted octanol–water partition coefficient (Wildman–Crippen LogP) is 3.01. The quantitative estimate of drug-likeness (QED) is 0.545. The maximum Gasteiger partial charge on any atom is 0.0392 e. The molecule has 1 atom stereocenters. The van der Waals surface area contributed by atoms with Gasteiger partial charge in [-0.3, -0.25) is 0 Å². The lowest BCUT2D eigenvalue weighted by atomic mass is 10.0. The largest absolute Gasteiger partial charge is 0.0658 e. The third kappa shape index (κ3) is 1.11. The van der Waals surface area contributed by atoms with E-state index in [2.05, 4.69) is 49.2 Å². The fourth-order valence-electron chi connectivity index (χ4n) is 2.09. The van der Waals surface area contributed by atoms with Crippen LogP contribution in [0.25, 0.3) is 5.57 Å². The molecule has 1 aromatic rings. The second kappa shape index (κ2) is 2.84. The molecule has 0 amide bonds. The summed E-state index contributed by atoms with van der Waals surface area (Å²) in [5.74, 6) is 0. The third-order valence-corrected chi connectivity index (χ3v) is 3.76. The number of rotatable bonds is 0. The Hall–Kier alpha value is -0.823. The van der Waals surface area contributed by atoms with Crippen LogP contribution < -0.4 is 0 Å². The first-order valence-corrected chi connectivity index (χ1v) is 5.19. The Balaban J connectivity index is 2.72. The van der Waals surface area contributed by atoms with Crippen molar-refractivity contribution < 1.29 is 0 Å². The van der Waals surface area contributed by atoms with Gasteiger partial charge in [-0.1, -0.05) is 23.8 Å². The minimum atomic E-state index is 0.426. The highest BCUT2D eigenvalue weighted by Gasteiger charge is 2.23. The van der Waals surface area contributed by atoms with Crippen LogP contribution in [0.4, 0.5) is 0 Å². The second-order valence-electron chi connectivity index (χ2n) is 3.78. The first kappa shape index (κ1) is 8.76. The summed E-state index contributed by atoms with van der Waals surface area (Å²) in [4.78, 5) is 0. The van der Waals surface area contributed by atoms with Gasteiger partial charge in [-0.05, 0) is 48.6 Å². The van der Waals surface area contributed by atoms with Gasteiger partial charge in [0.15, 0.2) is 0 Å². The highest BCUT2D eigenvalue weighted by molar-refractivity contribution is 6.17. The molecule has 0 aliphatic heterocycles. The van der Waals surface area contributed by atoms with Crippen LogP contribution >= 0.6 is 0 Å². The lowest BCUT2D eigenvalue weighted by Crippen LogP contribution is -1.95. The van der Waals surface area contributed by atoms with Crippen LogP contribution in [0.15, 0.2) is 23.8 Å². The van der Waals surface area contributed by atoms with E-state index in [0.29, 0.717) is 5.54 Å². The van der Waals surface area contributed by atoms with Crippen molar-refractivity contribution in [2.45, 2.75) is 26.3 Å². The molecule has 2 rings (SSSR count). The van der Waals surface area contributed by atoms with Gasteiger partial charge < -0.3 is 0 Å². The van der Waals surface area contributed by atoms with Gasteiger partial charge in [-0.2, -0.15) is 0 Å². The van der Waals surface area contributed by atoms with E-state index >= 15 is 0 Å². The van der Waals surface area contributed by atoms with Crippen LogP contribution in [0.1, 0.15) is 36.1 Å². The molecule has 0 nitrogen and oxygen atoms in total. The molecule has 1 aliphatic rings. The summed E-state index contributed by atoms with van der Waals surface area (Å²) < 4.78 is 0. The van der Waals surface area contributed by atoms with Crippen molar-refractivity contribution in [1.82, 2.24) is 0 Å². The van der Waals surface area contributed by atoms with Gasteiger partial charge in [0.1, 0.15) is 0 Å². The van der Waals surface area contributed by atoms with Crippen LogP contribution in [-0.2, 0) is 0 Å². The molecule has 0 fully saturated rings. The number of benzene rings is 1. The van der Waals surface area contributed by atoms with Gasteiger partial charge in [-0.25, -0.2) is 0 Å².